The summed E-state index contributed by atoms with van der Waals surface area (Å²) in [6.07, 6.45) is 0.139. The van der Waals surface area contributed by atoms with Gasteiger partial charge < -0.3 is 20.1 Å². The van der Waals surface area contributed by atoms with E-state index in [0.29, 0.717) is 17.9 Å². The van der Waals surface area contributed by atoms with Crippen molar-refractivity contribution in [2.45, 2.75) is 51.7 Å². The average Bonchev–Trinajstić information content (AvgIpc) is 2.77. The summed E-state index contributed by atoms with van der Waals surface area (Å²) >= 11 is 0. The maximum Gasteiger partial charge on any atom is 0.408 e. The van der Waals surface area contributed by atoms with Crippen molar-refractivity contribution in [1.82, 2.24) is 16.1 Å². The van der Waals surface area contributed by atoms with E-state index < -0.39 is 23.6 Å². The van der Waals surface area contributed by atoms with E-state index >= 15 is 0 Å². The first-order valence-corrected chi connectivity index (χ1v) is 10.6. The van der Waals surface area contributed by atoms with Crippen molar-refractivity contribution in [1.29, 1.82) is 0 Å². The van der Waals surface area contributed by atoms with E-state index in [1.165, 1.54) is 7.05 Å². The smallest absolute Gasteiger partial charge is 0.408 e. The molecule has 9 nitrogen and oxygen atoms in total. The number of amides is 3. The number of aryl methyl sites for hydroxylation is 1. The fourth-order valence-electron chi connectivity index (χ4n) is 3.00. The second kappa shape index (κ2) is 11.9. The fraction of sp³-hybridized carbons (Fsp3) is 0.375. The first-order chi connectivity index (χ1) is 15.6. The number of nitrogens with one attached hydrogen (secondary N) is 3. The van der Waals surface area contributed by atoms with Crippen LogP contribution in [-0.4, -0.2) is 41.8 Å². The molecule has 0 aliphatic carbocycles. The first kappa shape index (κ1) is 25.7. The SMILES string of the molecule is CNC(=O)[C@H](Cc1ccc(Oc2ccccc2CCC(=O)NO)cc1)NC(=O)OC(C)(C)C. The predicted octanol–water partition coefficient (Wildman–Crippen LogP) is 3.10. The molecule has 2 rings (SSSR count). The number of para-hydroxylation sites is 1. The Morgan fingerprint density at radius 3 is 2.30 bits per heavy atom. The summed E-state index contributed by atoms with van der Waals surface area (Å²) in [7, 11) is 1.50. The van der Waals surface area contributed by atoms with Crippen LogP contribution >= 0.6 is 0 Å². The molecule has 1 atom stereocenters. The van der Waals surface area contributed by atoms with Crippen LogP contribution in [0.4, 0.5) is 4.79 Å². The summed E-state index contributed by atoms with van der Waals surface area (Å²) < 4.78 is 11.2. The number of ether oxygens (including phenoxy) is 2. The maximum absolute atomic E-state index is 12.2. The monoisotopic (exact) mass is 457 g/mol. The lowest BCUT2D eigenvalue weighted by molar-refractivity contribution is -0.129. The number of hydrogen-bond acceptors (Lipinski definition) is 6. The van der Waals surface area contributed by atoms with Crippen LogP contribution in [0.3, 0.4) is 0 Å². The summed E-state index contributed by atoms with van der Waals surface area (Å²) in [6.45, 7) is 5.25. The van der Waals surface area contributed by atoms with Gasteiger partial charge in [0, 0.05) is 19.9 Å². The number of rotatable bonds is 9. The Morgan fingerprint density at radius 2 is 1.70 bits per heavy atom. The molecule has 9 heteroatoms. The van der Waals surface area contributed by atoms with Crippen molar-refractivity contribution in [3.63, 3.8) is 0 Å². The normalized spacial score (nSPS) is 11.8. The van der Waals surface area contributed by atoms with Crippen molar-refractivity contribution < 1.29 is 29.1 Å². The van der Waals surface area contributed by atoms with E-state index in [-0.39, 0.29) is 18.7 Å². The van der Waals surface area contributed by atoms with Crippen LogP contribution in [0.5, 0.6) is 11.5 Å². The molecule has 0 aromatic heterocycles. The fourth-order valence-corrected chi connectivity index (χ4v) is 3.00. The third kappa shape index (κ3) is 8.82. The van der Waals surface area contributed by atoms with Crippen LogP contribution in [-0.2, 0) is 27.2 Å². The molecular weight excluding hydrogens is 426 g/mol. The second-order valence-corrected chi connectivity index (χ2v) is 8.41. The summed E-state index contributed by atoms with van der Waals surface area (Å²) in [5.41, 5.74) is 2.59. The summed E-state index contributed by atoms with van der Waals surface area (Å²) in [6, 6.07) is 13.7. The Morgan fingerprint density at radius 1 is 1.03 bits per heavy atom. The van der Waals surface area contributed by atoms with Crippen LogP contribution in [0.15, 0.2) is 48.5 Å². The van der Waals surface area contributed by atoms with Gasteiger partial charge >= 0.3 is 6.09 Å². The molecular formula is C24H31N3O6. The van der Waals surface area contributed by atoms with E-state index in [2.05, 4.69) is 10.6 Å². The zero-order valence-electron chi connectivity index (χ0n) is 19.3. The van der Waals surface area contributed by atoms with Crippen molar-refractivity contribution >= 4 is 17.9 Å². The van der Waals surface area contributed by atoms with Crippen molar-refractivity contribution in [2.75, 3.05) is 7.05 Å². The van der Waals surface area contributed by atoms with Crippen LogP contribution in [0.2, 0.25) is 0 Å². The summed E-state index contributed by atoms with van der Waals surface area (Å²) in [4.78, 5) is 35.7. The highest BCUT2D eigenvalue weighted by atomic mass is 16.6. The third-order valence-corrected chi connectivity index (χ3v) is 4.56. The molecule has 4 N–H and O–H groups in total. The van der Waals surface area contributed by atoms with Crippen LogP contribution in [0.1, 0.15) is 38.3 Å². The number of alkyl carbamates (subject to hydrolysis) is 1. The minimum atomic E-state index is -0.796. The molecule has 0 spiro atoms. The standard InChI is InChI=1S/C24H31N3O6/c1-24(2,3)33-23(30)26-19(22(29)25-4)15-16-9-12-18(13-10-16)32-20-8-6-5-7-17(20)11-14-21(28)27-31/h5-10,12-13,19,31H,11,14-15H2,1-4H3,(H,25,29)(H,26,30)(H,27,28)/t19-/m0/s1. The molecule has 0 aliphatic heterocycles. The van der Waals surface area contributed by atoms with Gasteiger partial charge in [0.05, 0.1) is 0 Å². The average molecular weight is 458 g/mol. The van der Waals surface area contributed by atoms with Gasteiger partial charge in [-0.1, -0.05) is 30.3 Å². The Bertz CT molecular complexity index is 953. The largest absolute Gasteiger partial charge is 0.457 e. The number of hydroxylamine groups is 1. The zero-order valence-corrected chi connectivity index (χ0v) is 19.3. The highest BCUT2D eigenvalue weighted by Gasteiger charge is 2.24. The van der Waals surface area contributed by atoms with Crippen LogP contribution < -0.4 is 20.9 Å². The van der Waals surface area contributed by atoms with E-state index in [4.69, 9.17) is 14.7 Å². The van der Waals surface area contributed by atoms with Gasteiger partial charge in [-0.25, -0.2) is 10.3 Å². The van der Waals surface area contributed by atoms with Crippen molar-refractivity contribution in [3.05, 3.63) is 59.7 Å². The summed E-state index contributed by atoms with van der Waals surface area (Å²) in [5.74, 6) is 0.377. The third-order valence-electron chi connectivity index (χ3n) is 4.56. The highest BCUT2D eigenvalue weighted by Crippen LogP contribution is 2.26. The number of likely N-dealkylation sites (N-methyl/N-ethyl adjacent to an activating group) is 1. The Kier molecular flexibility index (Phi) is 9.23. The van der Waals surface area contributed by atoms with E-state index in [9.17, 15) is 14.4 Å². The van der Waals surface area contributed by atoms with E-state index in [1.54, 1.807) is 44.5 Å². The number of hydrogen-bond donors (Lipinski definition) is 4. The Labute approximate surface area is 193 Å². The first-order valence-electron chi connectivity index (χ1n) is 10.6. The van der Waals surface area contributed by atoms with Crippen LogP contribution in [0, 0.1) is 0 Å². The lowest BCUT2D eigenvalue weighted by Crippen LogP contribution is -2.48. The van der Waals surface area contributed by atoms with Crippen molar-refractivity contribution in [2.24, 2.45) is 0 Å². The van der Waals surface area contributed by atoms with Gasteiger partial charge in [-0.05, 0) is 56.5 Å². The minimum absolute atomic E-state index is 0.126. The molecule has 0 aliphatic rings. The predicted molar refractivity (Wildman–Crippen MR) is 122 cm³/mol. The number of carbonyl (C=O) groups is 3. The quantitative estimate of drug-likeness (QED) is 0.339. The molecule has 0 fully saturated rings. The topological polar surface area (TPSA) is 126 Å². The molecule has 0 bridgehead atoms. The molecule has 0 saturated carbocycles. The Hall–Kier alpha value is -3.59. The molecule has 33 heavy (non-hydrogen) atoms. The molecule has 2 aromatic carbocycles. The lowest BCUT2D eigenvalue weighted by atomic mass is 10.1. The molecule has 3 amide bonds. The zero-order chi connectivity index (χ0) is 24.4. The van der Waals surface area contributed by atoms with Gasteiger partial charge in [-0.2, -0.15) is 0 Å². The highest BCUT2D eigenvalue weighted by molar-refractivity contribution is 5.85. The molecule has 0 heterocycles. The second-order valence-electron chi connectivity index (χ2n) is 8.41. The van der Waals surface area contributed by atoms with Gasteiger partial charge in [0.15, 0.2) is 0 Å². The summed E-state index contributed by atoms with van der Waals surface area (Å²) in [5, 5.41) is 13.8. The minimum Gasteiger partial charge on any atom is -0.457 e. The lowest BCUT2D eigenvalue weighted by Gasteiger charge is -2.23. The Balaban J connectivity index is 2.06. The van der Waals surface area contributed by atoms with Gasteiger partial charge in [0.1, 0.15) is 23.1 Å². The molecule has 178 valence electrons. The van der Waals surface area contributed by atoms with Crippen molar-refractivity contribution in [3.8, 4) is 11.5 Å². The van der Waals surface area contributed by atoms with Gasteiger partial charge in [0.2, 0.25) is 11.8 Å². The molecule has 0 saturated heterocycles. The molecule has 0 unspecified atom stereocenters. The number of carbonyl (C=O) groups excluding carboxylic acids is 3. The maximum atomic E-state index is 12.2. The van der Waals surface area contributed by atoms with E-state index in [0.717, 1.165) is 11.1 Å². The van der Waals surface area contributed by atoms with Gasteiger partial charge in [0.25, 0.3) is 0 Å². The van der Waals surface area contributed by atoms with Gasteiger partial charge in [-0.3, -0.25) is 14.8 Å². The van der Waals surface area contributed by atoms with E-state index in [1.807, 2.05) is 30.3 Å². The van der Waals surface area contributed by atoms with Crippen LogP contribution in [0.25, 0.3) is 0 Å². The molecule has 0 radical (unpaired) electrons. The number of benzene rings is 2. The van der Waals surface area contributed by atoms with Gasteiger partial charge in [-0.15, -0.1) is 0 Å². The molecule has 2 aromatic rings.